The number of amides is 3. The van der Waals surface area contributed by atoms with E-state index < -0.39 is 11.9 Å². The first kappa shape index (κ1) is 23.3. The van der Waals surface area contributed by atoms with Gasteiger partial charge >= 0.3 is 5.97 Å². The van der Waals surface area contributed by atoms with Crippen LogP contribution in [0.2, 0.25) is 0 Å². The second-order valence-corrected chi connectivity index (χ2v) is 10.3. The van der Waals surface area contributed by atoms with Gasteiger partial charge in [0.2, 0.25) is 17.7 Å². The molecule has 2 aliphatic heterocycles. The summed E-state index contributed by atoms with van der Waals surface area (Å²) >= 11 is 0. The van der Waals surface area contributed by atoms with Crippen molar-refractivity contribution in [2.75, 3.05) is 16.3 Å². The van der Waals surface area contributed by atoms with E-state index in [0.29, 0.717) is 11.6 Å². The van der Waals surface area contributed by atoms with Gasteiger partial charge in [-0.15, -0.1) is 0 Å². The zero-order valence-corrected chi connectivity index (χ0v) is 20.3. The maximum atomic E-state index is 13.0. The van der Waals surface area contributed by atoms with E-state index in [4.69, 9.17) is 4.74 Å². The van der Waals surface area contributed by atoms with Crippen molar-refractivity contribution in [2.24, 2.45) is 23.7 Å². The van der Waals surface area contributed by atoms with Crippen molar-refractivity contribution in [3.8, 4) is 5.75 Å². The van der Waals surface area contributed by atoms with E-state index >= 15 is 0 Å². The highest BCUT2D eigenvalue weighted by atomic mass is 16.5. The Kier molecular flexibility index (Phi) is 5.95. The third-order valence-electron chi connectivity index (χ3n) is 7.46. The van der Waals surface area contributed by atoms with Gasteiger partial charge in [-0.25, -0.2) is 4.90 Å². The van der Waals surface area contributed by atoms with Gasteiger partial charge in [-0.1, -0.05) is 19.1 Å². The molecule has 3 aliphatic rings. The number of hydrogen-bond acceptors (Lipinski definition) is 5. The number of nitrogens with zero attached hydrogens (tertiary/aromatic N) is 2. The van der Waals surface area contributed by atoms with Crippen LogP contribution in [0.5, 0.6) is 5.75 Å². The lowest BCUT2D eigenvalue weighted by molar-refractivity contribution is -0.139. The number of benzene rings is 2. The molecule has 3 fully saturated rings. The third-order valence-corrected chi connectivity index (χ3v) is 7.46. The number of aryl methyl sites for hydroxylation is 2. The van der Waals surface area contributed by atoms with Gasteiger partial charge in [0.25, 0.3) is 0 Å². The average Bonchev–Trinajstić information content (AvgIpc) is 3.31. The highest BCUT2D eigenvalue weighted by Crippen LogP contribution is 2.42. The SMILES string of the molecule is Cc1cc(C)cc(N2C[C@@H](C(=O)Oc3cccc(N4C(=O)[C@H]5CC[C@H](C)C[C@@H]5C4=O)c3)CC2=O)c1. The molecule has 7 heteroatoms. The molecule has 182 valence electrons. The first-order valence-electron chi connectivity index (χ1n) is 12.3. The molecule has 0 unspecified atom stereocenters. The monoisotopic (exact) mass is 474 g/mol. The van der Waals surface area contributed by atoms with Crippen molar-refractivity contribution in [1.82, 2.24) is 0 Å². The van der Waals surface area contributed by atoms with Crippen LogP contribution in [0.25, 0.3) is 0 Å². The fourth-order valence-electron chi connectivity index (χ4n) is 5.75. The van der Waals surface area contributed by atoms with Gasteiger partial charge in [-0.05, 0) is 74.4 Å². The topological polar surface area (TPSA) is 84.0 Å². The summed E-state index contributed by atoms with van der Waals surface area (Å²) in [6, 6.07) is 12.5. The van der Waals surface area contributed by atoms with Crippen LogP contribution in [-0.4, -0.2) is 30.2 Å². The summed E-state index contributed by atoms with van der Waals surface area (Å²) in [6.07, 6.45) is 2.49. The molecular weight excluding hydrogens is 444 g/mol. The van der Waals surface area contributed by atoms with Crippen molar-refractivity contribution in [1.29, 1.82) is 0 Å². The molecule has 7 nitrogen and oxygen atoms in total. The van der Waals surface area contributed by atoms with Crippen molar-refractivity contribution < 1.29 is 23.9 Å². The number of carbonyl (C=O) groups is 4. The first-order valence-corrected chi connectivity index (χ1v) is 12.3. The minimum atomic E-state index is -0.591. The zero-order valence-electron chi connectivity index (χ0n) is 20.3. The molecule has 0 N–H and O–H groups in total. The normalized spacial score (nSPS) is 26.3. The van der Waals surface area contributed by atoms with Crippen molar-refractivity contribution in [3.05, 3.63) is 53.6 Å². The highest BCUT2D eigenvalue weighted by molar-refractivity contribution is 6.22. The van der Waals surface area contributed by atoms with Gasteiger partial charge in [0.1, 0.15) is 5.75 Å². The molecule has 35 heavy (non-hydrogen) atoms. The Balaban J connectivity index is 1.29. The van der Waals surface area contributed by atoms with Crippen LogP contribution in [-0.2, 0) is 19.2 Å². The Morgan fingerprint density at radius 2 is 1.63 bits per heavy atom. The molecule has 1 aliphatic carbocycles. The van der Waals surface area contributed by atoms with E-state index in [1.165, 1.54) is 4.90 Å². The molecule has 5 rings (SSSR count). The van der Waals surface area contributed by atoms with Crippen LogP contribution in [0.15, 0.2) is 42.5 Å². The molecule has 0 bridgehead atoms. The second-order valence-electron chi connectivity index (χ2n) is 10.3. The summed E-state index contributed by atoms with van der Waals surface area (Å²) in [4.78, 5) is 54.5. The molecule has 0 radical (unpaired) electrons. The molecule has 1 saturated carbocycles. The summed E-state index contributed by atoms with van der Waals surface area (Å²) in [6.45, 7) is 6.32. The summed E-state index contributed by atoms with van der Waals surface area (Å²) in [5, 5.41) is 0. The largest absolute Gasteiger partial charge is 0.426 e. The summed E-state index contributed by atoms with van der Waals surface area (Å²) < 4.78 is 5.62. The number of anilines is 2. The lowest BCUT2D eigenvalue weighted by Crippen LogP contribution is -2.31. The predicted octanol–water partition coefficient (Wildman–Crippen LogP) is 4.19. The Labute approximate surface area is 205 Å². The standard InChI is InChI=1S/C28H30N2O5/c1-16-7-8-23-24(12-16)27(33)30(26(23)32)20-5-4-6-22(14-20)35-28(34)19-13-25(31)29(15-19)21-10-17(2)9-18(3)11-21/h4-6,9-11,14,16,19,23-24H,7-8,12-13,15H2,1-3H3/t16-,19-,23-,24-/m0/s1. The van der Waals surface area contributed by atoms with Gasteiger partial charge in [0.05, 0.1) is 23.4 Å². The van der Waals surface area contributed by atoms with E-state index in [1.807, 2.05) is 32.0 Å². The molecule has 2 heterocycles. The molecule has 0 aromatic heterocycles. The Morgan fingerprint density at radius 3 is 2.37 bits per heavy atom. The van der Waals surface area contributed by atoms with Crippen molar-refractivity contribution >= 4 is 35.1 Å². The van der Waals surface area contributed by atoms with E-state index in [1.54, 1.807) is 29.2 Å². The van der Waals surface area contributed by atoms with E-state index in [2.05, 4.69) is 6.92 Å². The third kappa shape index (κ3) is 4.35. The van der Waals surface area contributed by atoms with Crippen LogP contribution >= 0.6 is 0 Å². The Morgan fingerprint density at radius 1 is 0.914 bits per heavy atom. The average molecular weight is 475 g/mol. The van der Waals surface area contributed by atoms with E-state index in [9.17, 15) is 19.2 Å². The van der Waals surface area contributed by atoms with Gasteiger partial charge < -0.3 is 9.64 Å². The van der Waals surface area contributed by atoms with Crippen LogP contribution < -0.4 is 14.5 Å². The van der Waals surface area contributed by atoms with Crippen LogP contribution in [0.1, 0.15) is 43.7 Å². The summed E-state index contributed by atoms with van der Waals surface area (Å²) in [5.74, 6) is -1.37. The maximum Gasteiger partial charge on any atom is 0.316 e. The highest BCUT2D eigenvalue weighted by Gasteiger charge is 2.50. The Bertz CT molecular complexity index is 1200. The number of carbonyl (C=O) groups excluding carboxylic acids is 4. The summed E-state index contributed by atoms with van der Waals surface area (Å²) in [7, 11) is 0. The molecule has 3 amide bonds. The molecule has 2 aromatic carbocycles. The van der Waals surface area contributed by atoms with Gasteiger partial charge in [0.15, 0.2) is 0 Å². The summed E-state index contributed by atoms with van der Waals surface area (Å²) in [5.41, 5.74) is 3.31. The van der Waals surface area contributed by atoms with Gasteiger partial charge in [-0.3, -0.25) is 19.2 Å². The Hall–Kier alpha value is -3.48. The van der Waals surface area contributed by atoms with Crippen LogP contribution in [0, 0.1) is 37.5 Å². The zero-order chi connectivity index (χ0) is 24.9. The molecule has 2 saturated heterocycles. The number of rotatable bonds is 4. The number of hydrogen-bond donors (Lipinski definition) is 0. The molecular formula is C28H30N2O5. The van der Waals surface area contributed by atoms with E-state index in [0.717, 1.165) is 36.1 Å². The maximum absolute atomic E-state index is 13.0. The van der Waals surface area contributed by atoms with Crippen LogP contribution in [0.4, 0.5) is 11.4 Å². The molecule has 2 aromatic rings. The smallest absolute Gasteiger partial charge is 0.316 e. The lowest BCUT2D eigenvalue weighted by atomic mass is 9.76. The number of fused-ring (bicyclic) bond motifs is 1. The first-order chi connectivity index (χ1) is 16.7. The number of imide groups is 1. The van der Waals surface area contributed by atoms with Crippen LogP contribution in [0.3, 0.4) is 0 Å². The molecule has 0 spiro atoms. The minimum absolute atomic E-state index is 0.0795. The van der Waals surface area contributed by atoms with Crippen molar-refractivity contribution in [2.45, 2.75) is 46.5 Å². The second kappa shape index (κ2) is 8.95. The minimum Gasteiger partial charge on any atom is -0.426 e. The fraction of sp³-hybridized carbons (Fsp3) is 0.429. The number of ether oxygens (including phenoxy) is 1. The fourth-order valence-corrected chi connectivity index (χ4v) is 5.75. The quantitative estimate of drug-likeness (QED) is 0.377. The van der Waals surface area contributed by atoms with Gasteiger partial charge in [0, 0.05) is 24.7 Å². The lowest BCUT2D eigenvalue weighted by Gasteiger charge is -2.25. The van der Waals surface area contributed by atoms with Gasteiger partial charge in [-0.2, -0.15) is 0 Å². The predicted molar refractivity (Wildman–Crippen MR) is 131 cm³/mol. The molecule has 4 atom stereocenters. The van der Waals surface area contributed by atoms with Crippen molar-refractivity contribution in [3.63, 3.8) is 0 Å². The van der Waals surface area contributed by atoms with E-state index in [-0.39, 0.29) is 48.3 Å². The number of esters is 1.